The molecule has 1 aromatic carbocycles. The van der Waals surface area contributed by atoms with Crippen molar-refractivity contribution in [1.29, 1.82) is 0 Å². The van der Waals surface area contributed by atoms with E-state index in [0.717, 1.165) is 0 Å². The number of carbonyl (C=O) groups is 3. The van der Waals surface area contributed by atoms with Crippen LogP contribution in [0.5, 0.6) is 0 Å². The Morgan fingerprint density at radius 1 is 0.968 bits per heavy atom. The minimum atomic E-state index is -0.452. The number of amides is 2. The van der Waals surface area contributed by atoms with Gasteiger partial charge < -0.3 is 15.4 Å². The molecule has 2 aromatic rings. The van der Waals surface area contributed by atoms with E-state index in [9.17, 15) is 18.8 Å². The van der Waals surface area contributed by atoms with Gasteiger partial charge in [0.1, 0.15) is 10.8 Å². The molecule has 0 bridgehead atoms. The van der Waals surface area contributed by atoms with Gasteiger partial charge in [0.05, 0.1) is 25.3 Å². The zero-order chi connectivity index (χ0) is 22.2. The van der Waals surface area contributed by atoms with Gasteiger partial charge in [0.2, 0.25) is 11.8 Å². The maximum atomic E-state index is 12.9. The van der Waals surface area contributed by atoms with Gasteiger partial charge in [0, 0.05) is 31.9 Å². The number of hydrogen-bond acceptors (Lipinski definition) is 7. The lowest BCUT2D eigenvalue weighted by Gasteiger charge is -2.33. The number of nitrogens with zero attached hydrogens (tertiary/aromatic N) is 2. The Bertz CT molecular complexity index is 910. The predicted octanol–water partition coefficient (Wildman–Crippen LogP) is 2.26. The van der Waals surface area contributed by atoms with Crippen LogP contribution in [0.25, 0.3) is 0 Å². The number of esters is 1. The van der Waals surface area contributed by atoms with Gasteiger partial charge in [-0.15, -0.1) is 11.3 Å². The average molecular weight is 449 g/mol. The zero-order valence-electron chi connectivity index (χ0n) is 17.2. The van der Waals surface area contributed by atoms with E-state index in [1.54, 1.807) is 18.4 Å². The summed E-state index contributed by atoms with van der Waals surface area (Å²) in [6.07, 6.45) is 0. The summed E-state index contributed by atoms with van der Waals surface area (Å²) in [6, 6.07) is 7.26. The highest BCUT2D eigenvalue weighted by Crippen LogP contribution is 2.24. The fourth-order valence-electron chi connectivity index (χ4n) is 3.19. The lowest BCUT2D eigenvalue weighted by Crippen LogP contribution is -2.50. The normalized spacial score (nSPS) is 14.8. The summed E-state index contributed by atoms with van der Waals surface area (Å²) in [6.45, 7) is 5.03. The molecule has 0 aliphatic carbocycles. The molecule has 2 amide bonds. The molecular formula is C21H25FN4O4S. The quantitative estimate of drug-likeness (QED) is 0.602. The summed E-state index contributed by atoms with van der Waals surface area (Å²) in [4.78, 5) is 40.5. The van der Waals surface area contributed by atoms with Crippen LogP contribution >= 0.6 is 11.3 Å². The van der Waals surface area contributed by atoms with Gasteiger partial charge in [-0.1, -0.05) is 0 Å². The van der Waals surface area contributed by atoms with Crippen LogP contribution in [0.3, 0.4) is 0 Å². The minimum Gasteiger partial charge on any atom is -0.462 e. The first-order chi connectivity index (χ1) is 14.9. The van der Waals surface area contributed by atoms with Gasteiger partial charge >= 0.3 is 5.97 Å². The Balaban J connectivity index is 1.40. The molecule has 2 N–H and O–H groups in total. The molecule has 0 unspecified atom stereocenters. The second-order valence-corrected chi connectivity index (χ2v) is 7.96. The van der Waals surface area contributed by atoms with Crippen molar-refractivity contribution in [2.45, 2.75) is 6.92 Å². The molecule has 0 radical (unpaired) electrons. The molecule has 1 saturated heterocycles. The maximum absolute atomic E-state index is 12.9. The average Bonchev–Trinajstić information content (AvgIpc) is 3.19. The number of anilines is 2. The fourth-order valence-corrected chi connectivity index (χ4v) is 3.98. The van der Waals surface area contributed by atoms with E-state index in [4.69, 9.17) is 4.74 Å². The van der Waals surface area contributed by atoms with Crippen molar-refractivity contribution in [1.82, 2.24) is 9.80 Å². The number of thiophene rings is 1. The van der Waals surface area contributed by atoms with E-state index >= 15 is 0 Å². The van der Waals surface area contributed by atoms with Crippen LogP contribution in [-0.2, 0) is 14.3 Å². The molecular weight excluding hydrogens is 423 g/mol. The molecule has 31 heavy (non-hydrogen) atoms. The molecule has 1 aliphatic rings. The van der Waals surface area contributed by atoms with Crippen molar-refractivity contribution in [3.05, 3.63) is 47.1 Å². The largest absolute Gasteiger partial charge is 0.462 e. The van der Waals surface area contributed by atoms with Crippen LogP contribution in [0.2, 0.25) is 0 Å². The lowest BCUT2D eigenvalue weighted by atomic mass is 10.3. The molecule has 166 valence electrons. The summed E-state index contributed by atoms with van der Waals surface area (Å²) in [5, 5.41) is 7.75. The first-order valence-electron chi connectivity index (χ1n) is 9.99. The molecule has 1 aliphatic heterocycles. The Morgan fingerprint density at radius 3 is 2.13 bits per heavy atom. The molecule has 2 heterocycles. The lowest BCUT2D eigenvalue weighted by molar-refractivity contribution is -0.120. The van der Waals surface area contributed by atoms with Crippen LogP contribution < -0.4 is 10.6 Å². The second-order valence-electron chi connectivity index (χ2n) is 7.04. The topological polar surface area (TPSA) is 91.0 Å². The van der Waals surface area contributed by atoms with Gasteiger partial charge in [-0.3, -0.25) is 19.4 Å². The van der Waals surface area contributed by atoms with E-state index in [-0.39, 0.29) is 37.3 Å². The standard InChI is InChI=1S/C21H25FN4O4S/c1-2-30-21(29)17-7-12-31-20(17)24-19(28)14-26-10-8-25(9-11-26)13-18(27)23-16-5-3-15(22)4-6-16/h3-7,12H,2,8-11,13-14H2,1H3,(H,23,27)(H,24,28). The highest BCUT2D eigenvalue weighted by molar-refractivity contribution is 7.14. The number of ether oxygens (including phenoxy) is 1. The van der Waals surface area contributed by atoms with E-state index in [1.807, 2.05) is 9.80 Å². The van der Waals surface area contributed by atoms with Crippen molar-refractivity contribution in [3.8, 4) is 0 Å². The summed E-state index contributed by atoms with van der Waals surface area (Å²) in [7, 11) is 0. The van der Waals surface area contributed by atoms with Crippen molar-refractivity contribution in [2.75, 3.05) is 56.5 Å². The summed E-state index contributed by atoms with van der Waals surface area (Å²) in [5.74, 6) is -1.17. The first-order valence-corrected chi connectivity index (χ1v) is 10.9. The summed E-state index contributed by atoms with van der Waals surface area (Å²) in [5.41, 5.74) is 0.912. The van der Waals surface area contributed by atoms with Crippen molar-refractivity contribution in [3.63, 3.8) is 0 Å². The fraction of sp³-hybridized carbons (Fsp3) is 0.381. The van der Waals surface area contributed by atoms with Crippen LogP contribution in [0.4, 0.5) is 15.1 Å². The number of halogens is 1. The predicted molar refractivity (Wildman–Crippen MR) is 117 cm³/mol. The third kappa shape index (κ3) is 6.84. The number of hydrogen-bond donors (Lipinski definition) is 2. The number of rotatable bonds is 8. The summed E-state index contributed by atoms with van der Waals surface area (Å²) >= 11 is 1.28. The second kappa shape index (κ2) is 11.0. The van der Waals surface area contributed by atoms with Crippen LogP contribution in [0, 0.1) is 5.82 Å². The first kappa shape index (κ1) is 22.9. The number of piperazine rings is 1. The molecule has 3 rings (SSSR count). The molecule has 1 fully saturated rings. The van der Waals surface area contributed by atoms with Crippen molar-refractivity contribution < 1.29 is 23.5 Å². The SMILES string of the molecule is CCOC(=O)c1ccsc1NC(=O)CN1CCN(CC(=O)Nc2ccc(F)cc2)CC1. The van der Waals surface area contributed by atoms with Crippen LogP contribution in [-0.4, -0.2) is 73.5 Å². The van der Waals surface area contributed by atoms with E-state index in [2.05, 4.69) is 10.6 Å². The van der Waals surface area contributed by atoms with Gasteiger partial charge in [-0.05, 0) is 42.6 Å². The highest BCUT2D eigenvalue weighted by Gasteiger charge is 2.22. The molecule has 0 saturated carbocycles. The van der Waals surface area contributed by atoms with Gasteiger partial charge in [-0.2, -0.15) is 0 Å². The highest BCUT2D eigenvalue weighted by atomic mass is 32.1. The van der Waals surface area contributed by atoms with E-state index < -0.39 is 5.97 Å². The number of carbonyl (C=O) groups excluding carboxylic acids is 3. The number of nitrogens with one attached hydrogen (secondary N) is 2. The maximum Gasteiger partial charge on any atom is 0.341 e. The Kier molecular flexibility index (Phi) is 8.10. The number of benzene rings is 1. The van der Waals surface area contributed by atoms with Gasteiger partial charge in [0.15, 0.2) is 0 Å². The smallest absolute Gasteiger partial charge is 0.341 e. The molecule has 10 heteroatoms. The van der Waals surface area contributed by atoms with Gasteiger partial charge in [0.25, 0.3) is 0 Å². The molecule has 0 atom stereocenters. The molecule has 8 nitrogen and oxygen atoms in total. The van der Waals surface area contributed by atoms with E-state index in [1.165, 1.54) is 35.6 Å². The summed E-state index contributed by atoms with van der Waals surface area (Å²) < 4.78 is 17.9. The van der Waals surface area contributed by atoms with Crippen LogP contribution in [0.1, 0.15) is 17.3 Å². The van der Waals surface area contributed by atoms with Gasteiger partial charge in [-0.25, -0.2) is 9.18 Å². The third-order valence-corrected chi connectivity index (χ3v) is 5.57. The molecule has 0 spiro atoms. The Labute approximate surface area is 184 Å². The Hall–Kier alpha value is -2.82. The van der Waals surface area contributed by atoms with Crippen molar-refractivity contribution >= 4 is 39.8 Å². The minimum absolute atomic E-state index is 0.165. The zero-order valence-corrected chi connectivity index (χ0v) is 18.0. The van der Waals surface area contributed by atoms with E-state index in [0.29, 0.717) is 42.4 Å². The van der Waals surface area contributed by atoms with Crippen molar-refractivity contribution in [2.24, 2.45) is 0 Å². The van der Waals surface area contributed by atoms with Crippen LogP contribution in [0.15, 0.2) is 35.7 Å². The monoisotopic (exact) mass is 448 g/mol. The Morgan fingerprint density at radius 2 is 1.55 bits per heavy atom. The third-order valence-electron chi connectivity index (χ3n) is 4.74. The molecule has 1 aromatic heterocycles.